The Bertz CT molecular complexity index is 1260. The summed E-state index contributed by atoms with van der Waals surface area (Å²) in [5, 5.41) is 2.62. The largest absolute Gasteiger partial charge is 0.383 e. The molecule has 4 N–H and O–H groups in total. The highest BCUT2D eigenvalue weighted by molar-refractivity contribution is 7.92. The molecule has 2 aromatic carbocycles. The van der Waals surface area contributed by atoms with Crippen LogP contribution in [0.1, 0.15) is 23.2 Å². The van der Waals surface area contributed by atoms with E-state index in [0.717, 1.165) is 18.9 Å². The Hall–Kier alpha value is -2.98. The van der Waals surface area contributed by atoms with Gasteiger partial charge in [-0.15, -0.1) is 0 Å². The van der Waals surface area contributed by atoms with Crippen molar-refractivity contribution in [1.82, 2.24) is 9.97 Å². The lowest BCUT2D eigenvalue weighted by Gasteiger charge is -2.14. The number of benzene rings is 2. The third-order valence-electron chi connectivity index (χ3n) is 4.69. The van der Waals surface area contributed by atoms with E-state index in [1.807, 2.05) is 0 Å². The summed E-state index contributed by atoms with van der Waals surface area (Å²) in [6.07, 6.45) is 2.94. The van der Waals surface area contributed by atoms with Gasteiger partial charge >= 0.3 is 0 Å². The highest BCUT2D eigenvalue weighted by Crippen LogP contribution is 2.35. The molecule has 1 aliphatic rings. The van der Waals surface area contributed by atoms with Crippen LogP contribution >= 0.6 is 11.6 Å². The summed E-state index contributed by atoms with van der Waals surface area (Å²) < 4.78 is 41.3. The monoisotopic (exact) mass is 449 g/mol. The van der Waals surface area contributed by atoms with Gasteiger partial charge in [0.05, 0.1) is 33.2 Å². The highest BCUT2D eigenvalue weighted by Gasteiger charge is 2.29. The van der Waals surface area contributed by atoms with Crippen molar-refractivity contribution in [3.8, 4) is 0 Å². The maximum Gasteiger partial charge on any atom is 0.257 e. The number of para-hydroxylation sites is 1. The van der Waals surface area contributed by atoms with E-state index in [0.29, 0.717) is 10.9 Å². The molecule has 0 unspecified atom stereocenters. The predicted molar refractivity (Wildman–Crippen MR) is 113 cm³/mol. The number of hydrogen-bond donors (Lipinski definition) is 3. The lowest BCUT2D eigenvalue weighted by molar-refractivity contribution is 0.102. The number of halogens is 2. The van der Waals surface area contributed by atoms with E-state index in [2.05, 4.69) is 20.0 Å². The van der Waals surface area contributed by atoms with Gasteiger partial charge in [-0.05, 0) is 43.0 Å². The molecule has 0 spiro atoms. The average molecular weight is 450 g/mol. The van der Waals surface area contributed by atoms with Crippen LogP contribution in [0.3, 0.4) is 0 Å². The molecule has 1 aromatic heterocycles. The van der Waals surface area contributed by atoms with E-state index in [1.54, 1.807) is 12.1 Å². The zero-order valence-corrected chi connectivity index (χ0v) is 17.1. The number of nitrogen functional groups attached to an aromatic ring is 1. The van der Waals surface area contributed by atoms with Gasteiger partial charge in [0.25, 0.3) is 5.91 Å². The minimum atomic E-state index is -3.64. The number of nitrogens with one attached hydrogen (secondary N) is 2. The average Bonchev–Trinajstić information content (AvgIpc) is 3.50. The smallest absolute Gasteiger partial charge is 0.257 e. The molecule has 0 bridgehead atoms. The number of carbonyl (C=O) groups excluding carboxylic acids is 1. The summed E-state index contributed by atoms with van der Waals surface area (Å²) in [4.78, 5) is 20.8. The Labute approximate surface area is 176 Å². The van der Waals surface area contributed by atoms with Gasteiger partial charge in [0.2, 0.25) is 10.0 Å². The van der Waals surface area contributed by atoms with Gasteiger partial charge in [0.15, 0.2) is 0 Å². The van der Waals surface area contributed by atoms with Crippen LogP contribution in [0.25, 0.3) is 10.9 Å². The van der Waals surface area contributed by atoms with Crippen LogP contribution in [0.5, 0.6) is 0 Å². The number of anilines is 3. The van der Waals surface area contributed by atoms with Crippen molar-refractivity contribution < 1.29 is 17.6 Å². The van der Waals surface area contributed by atoms with Gasteiger partial charge in [0.1, 0.15) is 18.0 Å². The first kappa shape index (κ1) is 20.3. The first-order valence-electron chi connectivity index (χ1n) is 9.04. The van der Waals surface area contributed by atoms with Crippen LogP contribution in [-0.2, 0) is 10.0 Å². The van der Waals surface area contributed by atoms with E-state index in [9.17, 15) is 17.6 Å². The molecule has 11 heteroatoms. The second-order valence-corrected chi connectivity index (χ2v) is 9.17. The van der Waals surface area contributed by atoms with Crippen molar-refractivity contribution >= 4 is 55.6 Å². The van der Waals surface area contributed by atoms with E-state index < -0.39 is 21.7 Å². The highest BCUT2D eigenvalue weighted by atomic mass is 35.5. The van der Waals surface area contributed by atoms with Gasteiger partial charge in [-0.25, -0.2) is 22.8 Å². The third kappa shape index (κ3) is 4.14. The normalized spacial score (nSPS) is 13.9. The quantitative estimate of drug-likeness (QED) is 0.529. The molecule has 3 aromatic rings. The molecular formula is C19H17ClFN5O3S. The molecule has 1 aliphatic carbocycles. The molecule has 1 amide bonds. The van der Waals surface area contributed by atoms with Crippen molar-refractivity contribution in [2.75, 3.05) is 21.5 Å². The number of rotatable bonds is 6. The number of nitrogens with two attached hydrogens (primary N) is 1. The Kier molecular flexibility index (Phi) is 5.20. The summed E-state index contributed by atoms with van der Waals surface area (Å²) in [7, 11) is -3.64. The molecule has 0 saturated heterocycles. The number of fused-ring (bicyclic) bond motifs is 1. The first-order chi connectivity index (χ1) is 14.2. The first-order valence-corrected chi connectivity index (χ1v) is 11.1. The maximum absolute atomic E-state index is 14.4. The van der Waals surface area contributed by atoms with Crippen molar-refractivity contribution in [2.45, 2.75) is 12.8 Å². The molecule has 1 fully saturated rings. The number of hydrogen-bond acceptors (Lipinski definition) is 6. The molecule has 156 valence electrons. The molecule has 30 heavy (non-hydrogen) atoms. The topological polar surface area (TPSA) is 127 Å². The molecule has 8 nitrogen and oxygen atoms in total. The number of amides is 1. The standard InChI is InChI=1S/C19H17ClFN5O3S/c20-15-14(26-30(28,29)8-10-4-5-10)7-6-13(21)17(15)25-19(27)12-3-1-2-11-16(12)23-9-24-18(11)22/h1-3,6-7,9-10,26H,4-5,8H2,(H,25,27)(H2,22,23,24). The Morgan fingerprint density at radius 2 is 2.00 bits per heavy atom. The fourth-order valence-corrected chi connectivity index (χ4v) is 4.87. The van der Waals surface area contributed by atoms with Crippen molar-refractivity contribution in [1.29, 1.82) is 0 Å². The Balaban J connectivity index is 1.65. The van der Waals surface area contributed by atoms with Gasteiger partial charge in [-0.2, -0.15) is 0 Å². The fraction of sp³-hybridized carbons (Fsp3) is 0.211. The third-order valence-corrected chi connectivity index (χ3v) is 6.52. The van der Waals surface area contributed by atoms with Crippen molar-refractivity contribution in [2.24, 2.45) is 5.92 Å². The van der Waals surface area contributed by atoms with Gasteiger partial charge in [-0.1, -0.05) is 17.7 Å². The molecule has 1 saturated carbocycles. The molecule has 0 aliphatic heterocycles. The summed E-state index contributed by atoms with van der Waals surface area (Å²) >= 11 is 6.22. The van der Waals surface area contributed by atoms with Crippen molar-refractivity contribution in [3.05, 3.63) is 53.1 Å². The SMILES string of the molecule is Nc1ncnc2c(C(=O)Nc3c(F)ccc(NS(=O)(=O)CC4CC4)c3Cl)cccc12. The lowest BCUT2D eigenvalue weighted by Crippen LogP contribution is -2.19. The summed E-state index contributed by atoms with van der Waals surface area (Å²) in [5.74, 6) is -1.20. The van der Waals surface area contributed by atoms with Crippen molar-refractivity contribution in [3.63, 3.8) is 0 Å². The Morgan fingerprint density at radius 3 is 2.73 bits per heavy atom. The summed E-state index contributed by atoms with van der Waals surface area (Å²) in [6.45, 7) is 0. The lowest BCUT2D eigenvalue weighted by atomic mass is 10.1. The van der Waals surface area contributed by atoms with E-state index in [4.69, 9.17) is 17.3 Å². The zero-order valence-electron chi connectivity index (χ0n) is 15.5. The number of nitrogens with zero attached hydrogens (tertiary/aromatic N) is 2. The molecule has 4 rings (SSSR count). The zero-order chi connectivity index (χ0) is 21.5. The summed E-state index contributed by atoms with van der Waals surface area (Å²) in [6, 6.07) is 6.99. The maximum atomic E-state index is 14.4. The molecule has 1 heterocycles. The van der Waals surface area contributed by atoms with Crippen LogP contribution in [0.15, 0.2) is 36.7 Å². The molecule has 0 atom stereocenters. The molecule has 0 radical (unpaired) electrons. The van der Waals surface area contributed by atoms with Crippen LogP contribution in [0, 0.1) is 11.7 Å². The minimum Gasteiger partial charge on any atom is -0.383 e. The fourth-order valence-electron chi connectivity index (χ4n) is 3.02. The molecular weight excluding hydrogens is 433 g/mol. The van der Waals surface area contributed by atoms with Crippen LogP contribution in [0.2, 0.25) is 5.02 Å². The minimum absolute atomic E-state index is 0.0153. The second kappa shape index (κ2) is 7.69. The number of sulfonamides is 1. The van der Waals surface area contributed by atoms with Crippen LogP contribution in [0.4, 0.5) is 21.6 Å². The van der Waals surface area contributed by atoms with Crippen LogP contribution < -0.4 is 15.8 Å². The van der Waals surface area contributed by atoms with Gasteiger partial charge in [-0.3, -0.25) is 9.52 Å². The van der Waals surface area contributed by atoms with Gasteiger partial charge < -0.3 is 11.1 Å². The van der Waals surface area contributed by atoms with E-state index in [-0.39, 0.29) is 39.4 Å². The van der Waals surface area contributed by atoms with Gasteiger partial charge in [0, 0.05) is 5.39 Å². The number of aromatic nitrogens is 2. The summed E-state index contributed by atoms with van der Waals surface area (Å²) in [5.41, 5.74) is 5.89. The number of carbonyl (C=O) groups is 1. The Morgan fingerprint density at radius 1 is 1.23 bits per heavy atom. The van der Waals surface area contributed by atoms with Crippen LogP contribution in [-0.4, -0.2) is 30.0 Å². The predicted octanol–water partition coefficient (Wildman–Crippen LogP) is 3.41. The van der Waals surface area contributed by atoms with E-state index >= 15 is 0 Å². The second-order valence-electron chi connectivity index (χ2n) is 7.03. The van der Waals surface area contributed by atoms with E-state index in [1.165, 1.54) is 18.5 Å².